The van der Waals surface area contributed by atoms with Gasteiger partial charge in [0, 0.05) is 6.54 Å². The van der Waals surface area contributed by atoms with Gasteiger partial charge in [-0.2, -0.15) is 0 Å². The van der Waals surface area contributed by atoms with E-state index in [2.05, 4.69) is 42.4 Å². The Kier molecular flexibility index (Phi) is 6.76. The first kappa shape index (κ1) is 15.0. The molecule has 1 aromatic carbocycles. The van der Waals surface area contributed by atoms with Crippen LogP contribution in [0.15, 0.2) is 18.2 Å². The summed E-state index contributed by atoms with van der Waals surface area (Å²) >= 11 is 0. The minimum absolute atomic E-state index is 0.973. The molecule has 0 aromatic heterocycles. The minimum atomic E-state index is 0.973. The smallest absolute Gasteiger partial charge is 0.121 e. The first-order valence-electron chi connectivity index (χ1n) is 6.64. The number of likely N-dealkylation sites (N-methyl/N-ethyl adjacent to an activating group) is 1. The molecule has 1 N–H and O–H groups in total. The van der Waals surface area contributed by atoms with Crippen LogP contribution in [-0.2, 0) is 6.42 Å². The predicted molar refractivity (Wildman–Crippen MR) is 77.5 cm³/mol. The predicted octanol–water partition coefficient (Wildman–Crippen LogP) is 2.09. The van der Waals surface area contributed by atoms with Crippen LogP contribution in [0.2, 0.25) is 0 Å². The maximum atomic E-state index is 5.27. The molecule has 0 saturated carbocycles. The lowest BCUT2D eigenvalue weighted by Crippen LogP contribution is -2.25. The van der Waals surface area contributed by atoms with Crippen molar-refractivity contribution in [2.75, 3.05) is 40.8 Å². The highest BCUT2D eigenvalue weighted by atomic mass is 16.5. The zero-order chi connectivity index (χ0) is 13.4. The summed E-state index contributed by atoms with van der Waals surface area (Å²) < 4.78 is 5.27. The van der Waals surface area contributed by atoms with Gasteiger partial charge in [-0.15, -0.1) is 0 Å². The van der Waals surface area contributed by atoms with Gasteiger partial charge in [0.1, 0.15) is 5.75 Å². The van der Waals surface area contributed by atoms with Gasteiger partial charge in [0.25, 0.3) is 0 Å². The van der Waals surface area contributed by atoms with Gasteiger partial charge in [0.2, 0.25) is 0 Å². The summed E-state index contributed by atoms with van der Waals surface area (Å²) in [5.41, 5.74) is 2.60. The maximum absolute atomic E-state index is 5.27. The number of nitrogens with zero attached hydrogens (tertiary/aromatic N) is 1. The van der Waals surface area contributed by atoms with Crippen LogP contribution in [0.25, 0.3) is 0 Å². The first-order valence-corrected chi connectivity index (χ1v) is 6.64. The van der Waals surface area contributed by atoms with Crippen LogP contribution in [0.1, 0.15) is 17.5 Å². The van der Waals surface area contributed by atoms with E-state index in [0.29, 0.717) is 0 Å². The molecular formula is C15H26N2O. The van der Waals surface area contributed by atoms with Crippen molar-refractivity contribution >= 4 is 0 Å². The van der Waals surface area contributed by atoms with Crippen LogP contribution in [0.5, 0.6) is 5.75 Å². The van der Waals surface area contributed by atoms with Crippen molar-refractivity contribution in [2.24, 2.45) is 0 Å². The molecule has 0 aliphatic rings. The van der Waals surface area contributed by atoms with Crippen molar-refractivity contribution in [1.29, 1.82) is 0 Å². The number of hydrogen-bond donors (Lipinski definition) is 1. The van der Waals surface area contributed by atoms with Crippen molar-refractivity contribution < 1.29 is 4.74 Å². The van der Waals surface area contributed by atoms with E-state index in [1.54, 1.807) is 7.11 Å². The van der Waals surface area contributed by atoms with E-state index in [0.717, 1.165) is 31.8 Å². The van der Waals surface area contributed by atoms with Crippen LogP contribution in [0.4, 0.5) is 0 Å². The molecule has 1 aromatic rings. The summed E-state index contributed by atoms with van der Waals surface area (Å²) in [5, 5.41) is 3.18. The second-order valence-corrected chi connectivity index (χ2v) is 4.81. The Morgan fingerprint density at radius 2 is 2.06 bits per heavy atom. The largest absolute Gasteiger partial charge is 0.496 e. The van der Waals surface area contributed by atoms with Gasteiger partial charge in [0.05, 0.1) is 7.11 Å². The number of ether oxygens (including phenoxy) is 1. The summed E-state index contributed by atoms with van der Waals surface area (Å²) in [6.07, 6.45) is 2.30. The molecule has 0 aliphatic carbocycles. The number of hydrogen-bond acceptors (Lipinski definition) is 3. The molecule has 0 bridgehead atoms. The third-order valence-electron chi connectivity index (χ3n) is 3.21. The fourth-order valence-corrected chi connectivity index (χ4v) is 2.05. The van der Waals surface area contributed by atoms with E-state index in [4.69, 9.17) is 4.74 Å². The molecule has 0 radical (unpaired) electrons. The van der Waals surface area contributed by atoms with Crippen LogP contribution in [0, 0.1) is 6.92 Å². The van der Waals surface area contributed by atoms with Crippen LogP contribution in [-0.4, -0.2) is 45.7 Å². The standard InChI is InChI=1S/C15H26N2O/c1-13-12-14(6-7-15(13)18-4)8-11-17(3)10-5-9-16-2/h6-7,12,16H,5,8-11H2,1-4H3. The molecule has 0 aliphatic heterocycles. The first-order chi connectivity index (χ1) is 8.67. The SMILES string of the molecule is CNCCCN(C)CCc1ccc(OC)c(C)c1. The van der Waals surface area contributed by atoms with Gasteiger partial charge in [-0.3, -0.25) is 0 Å². The number of aryl methyl sites for hydroxylation is 1. The van der Waals surface area contributed by atoms with Crippen LogP contribution >= 0.6 is 0 Å². The summed E-state index contributed by atoms with van der Waals surface area (Å²) in [5.74, 6) is 0.973. The third-order valence-corrected chi connectivity index (χ3v) is 3.21. The summed E-state index contributed by atoms with van der Waals surface area (Å²) in [7, 11) is 5.91. The van der Waals surface area contributed by atoms with E-state index < -0.39 is 0 Å². The lowest BCUT2D eigenvalue weighted by atomic mass is 10.1. The maximum Gasteiger partial charge on any atom is 0.121 e. The Bertz CT molecular complexity index is 352. The normalized spacial score (nSPS) is 10.9. The quantitative estimate of drug-likeness (QED) is 0.715. The summed E-state index contributed by atoms with van der Waals surface area (Å²) in [6, 6.07) is 6.44. The molecule has 102 valence electrons. The second-order valence-electron chi connectivity index (χ2n) is 4.81. The van der Waals surface area contributed by atoms with Gasteiger partial charge in [0.15, 0.2) is 0 Å². The Hall–Kier alpha value is -1.06. The second kappa shape index (κ2) is 8.11. The van der Waals surface area contributed by atoms with Crippen molar-refractivity contribution in [3.8, 4) is 5.75 Å². The summed E-state index contributed by atoms with van der Waals surface area (Å²) in [6.45, 7) is 5.44. The number of methoxy groups -OCH3 is 1. The van der Waals surface area contributed by atoms with E-state index in [1.807, 2.05) is 7.05 Å². The molecule has 0 saturated heterocycles. The lowest BCUT2D eigenvalue weighted by molar-refractivity contribution is 0.332. The minimum Gasteiger partial charge on any atom is -0.496 e. The van der Waals surface area contributed by atoms with Gasteiger partial charge < -0.3 is 15.0 Å². The van der Waals surface area contributed by atoms with Crippen LogP contribution in [0.3, 0.4) is 0 Å². The average Bonchev–Trinajstić information content (AvgIpc) is 2.37. The van der Waals surface area contributed by atoms with Crippen molar-refractivity contribution in [2.45, 2.75) is 19.8 Å². The molecule has 0 fully saturated rings. The molecule has 1 rings (SSSR count). The zero-order valence-electron chi connectivity index (χ0n) is 12.1. The fraction of sp³-hybridized carbons (Fsp3) is 0.600. The van der Waals surface area contributed by atoms with E-state index in [-0.39, 0.29) is 0 Å². The molecule has 3 nitrogen and oxygen atoms in total. The molecular weight excluding hydrogens is 224 g/mol. The Morgan fingerprint density at radius 1 is 1.28 bits per heavy atom. The van der Waals surface area contributed by atoms with Crippen molar-refractivity contribution in [3.05, 3.63) is 29.3 Å². The van der Waals surface area contributed by atoms with Gasteiger partial charge >= 0.3 is 0 Å². The van der Waals surface area contributed by atoms with Crippen LogP contribution < -0.4 is 10.1 Å². The third kappa shape index (κ3) is 5.07. The zero-order valence-corrected chi connectivity index (χ0v) is 12.1. The molecule has 0 spiro atoms. The van der Waals surface area contributed by atoms with Gasteiger partial charge in [-0.1, -0.05) is 12.1 Å². The Morgan fingerprint density at radius 3 is 2.67 bits per heavy atom. The lowest BCUT2D eigenvalue weighted by Gasteiger charge is -2.16. The Labute approximate surface area is 111 Å². The molecule has 0 unspecified atom stereocenters. The van der Waals surface area contributed by atoms with E-state index in [9.17, 15) is 0 Å². The fourth-order valence-electron chi connectivity index (χ4n) is 2.05. The number of benzene rings is 1. The molecule has 0 amide bonds. The van der Waals surface area contributed by atoms with Gasteiger partial charge in [-0.05, 0) is 64.1 Å². The highest BCUT2D eigenvalue weighted by Gasteiger charge is 2.02. The molecule has 18 heavy (non-hydrogen) atoms. The van der Waals surface area contributed by atoms with E-state index >= 15 is 0 Å². The average molecular weight is 250 g/mol. The van der Waals surface area contributed by atoms with E-state index in [1.165, 1.54) is 17.5 Å². The molecule has 0 atom stereocenters. The number of rotatable bonds is 8. The number of nitrogens with one attached hydrogen (secondary N) is 1. The molecule has 0 heterocycles. The molecule has 3 heteroatoms. The summed E-state index contributed by atoms with van der Waals surface area (Å²) in [4.78, 5) is 2.39. The van der Waals surface area contributed by atoms with Crippen molar-refractivity contribution in [1.82, 2.24) is 10.2 Å². The van der Waals surface area contributed by atoms with Gasteiger partial charge in [-0.25, -0.2) is 0 Å². The van der Waals surface area contributed by atoms with Crippen molar-refractivity contribution in [3.63, 3.8) is 0 Å². The monoisotopic (exact) mass is 250 g/mol. The highest BCUT2D eigenvalue weighted by Crippen LogP contribution is 2.18. The Balaban J connectivity index is 2.36. The topological polar surface area (TPSA) is 24.5 Å². The highest BCUT2D eigenvalue weighted by molar-refractivity contribution is 5.36.